The third-order valence-corrected chi connectivity index (χ3v) is 3.62. The Hall–Kier alpha value is -2.41. The number of para-hydroxylation sites is 1. The molecule has 3 N–H and O–H groups in total. The molecule has 0 saturated heterocycles. The van der Waals surface area contributed by atoms with E-state index in [4.69, 9.17) is 5.11 Å². The van der Waals surface area contributed by atoms with Crippen molar-refractivity contribution in [2.24, 2.45) is 0 Å². The van der Waals surface area contributed by atoms with E-state index in [9.17, 15) is 14.0 Å². The zero-order valence-electron chi connectivity index (χ0n) is 10.4. The van der Waals surface area contributed by atoms with Gasteiger partial charge in [-0.25, -0.2) is 14.0 Å². The number of amides is 2. The lowest BCUT2D eigenvalue weighted by atomic mass is 10.2. The van der Waals surface area contributed by atoms with Crippen LogP contribution in [0.1, 0.15) is 15.2 Å². The summed E-state index contributed by atoms with van der Waals surface area (Å²) in [5.41, 5.74) is 0.877. The van der Waals surface area contributed by atoms with Gasteiger partial charge in [0.25, 0.3) is 0 Å². The molecule has 7 heteroatoms. The second-order valence-electron chi connectivity index (χ2n) is 3.99. The van der Waals surface area contributed by atoms with Gasteiger partial charge in [-0.2, -0.15) is 0 Å². The van der Waals surface area contributed by atoms with Gasteiger partial charge in [-0.05, 0) is 30.0 Å². The van der Waals surface area contributed by atoms with Crippen molar-refractivity contribution in [1.82, 2.24) is 0 Å². The van der Waals surface area contributed by atoms with Crippen LogP contribution in [0.25, 0.3) is 0 Å². The van der Waals surface area contributed by atoms with Crippen LogP contribution >= 0.6 is 11.3 Å². The molecule has 2 amide bonds. The highest BCUT2D eigenvalue weighted by Gasteiger charge is 2.17. The minimum absolute atomic E-state index is 0.0229. The van der Waals surface area contributed by atoms with Gasteiger partial charge in [-0.1, -0.05) is 12.1 Å². The molecule has 1 aromatic carbocycles. The second kappa shape index (κ2) is 5.70. The third kappa shape index (κ3) is 2.94. The molecule has 0 spiro atoms. The maximum Gasteiger partial charge on any atom is 0.348 e. The van der Waals surface area contributed by atoms with Gasteiger partial charge < -0.3 is 15.7 Å². The normalized spacial score (nSPS) is 10.1. The Bertz CT molecular complexity index is 669. The fraction of sp³-hybridized carbons (Fsp3) is 0.0769. The number of rotatable bonds is 3. The number of carboxylic acid groups (broad SMARTS) is 1. The van der Waals surface area contributed by atoms with E-state index >= 15 is 0 Å². The Balaban J connectivity index is 2.15. The van der Waals surface area contributed by atoms with Crippen LogP contribution in [0.3, 0.4) is 0 Å². The van der Waals surface area contributed by atoms with E-state index < -0.39 is 17.8 Å². The first-order valence-electron chi connectivity index (χ1n) is 5.63. The highest BCUT2D eigenvalue weighted by Crippen LogP contribution is 2.27. The van der Waals surface area contributed by atoms with Crippen molar-refractivity contribution in [3.05, 3.63) is 45.9 Å². The van der Waals surface area contributed by atoms with Crippen molar-refractivity contribution < 1.29 is 19.1 Å². The lowest BCUT2D eigenvalue weighted by Gasteiger charge is -2.09. The summed E-state index contributed by atoms with van der Waals surface area (Å²) in [6.45, 7) is 1.68. The first kappa shape index (κ1) is 14.0. The number of anilines is 2. The molecule has 2 aromatic rings. The Labute approximate surface area is 118 Å². The van der Waals surface area contributed by atoms with E-state index in [0.29, 0.717) is 5.56 Å². The highest BCUT2D eigenvalue weighted by molar-refractivity contribution is 7.12. The summed E-state index contributed by atoms with van der Waals surface area (Å²) in [5.74, 6) is -1.69. The van der Waals surface area contributed by atoms with Crippen LogP contribution in [0.4, 0.5) is 20.6 Å². The van der Waals surface area contributed by atoms with Gasteiger partial charge in [0.15, 0.2) is 0 Å². The molecular formula is C13H11FN2O3S. The Morgan fingerprint density at radius 1 is 1.25 bits per heavy atom. The first-order valence-corrected chi connectivity index (χ1v) is 6.51. The average molecular weight is 294 g/mol. The van der Waals surface area contributed by atoms with E-state index in [1.54, 1.807) is 18.4 Å². The summed E-state index contributed by atoms with van der Waals surface area (Å²) in [4.78, 5) is 22.8. The van der Waals surface area contributed by atoms with Crippen molar-refractivity contribution in [3.8, 4) is 0 Å². The second-order valence-corrected chi connectivity index (χ2v) is 4.87. The number of hydrogen-bond acceptors (Lipinski definition) is 3. The van der Waals surface area contributed by atoms with Gasteiger partial charge in [0.2, 0.25) is 0 Å². The number of aromatic carboxylic acids is 1. The zero-order chi connectivity index (χ0) is 14.7. The molecule has 0 unspecified atom stereocenters. The summed E-state index contributed by atoms with van der Waals surface area (Å²) in [6.07, 6.45) is 0. The van der Waals surface area contributed by atoms with Gasteiger partial charge in [0, 0.05) is 0 Å². The predicted molar refractivity (Wildman–Crippen MR) is 75.1 cm³/mol. The van der Waals surface area contributed by atoms with Crippen LogP contribution in [-0.4, -0.2) is 17.1 Å². The summed E-state index contributed by atoms with van der Waals surface area (Å²) in [5, 5.41) is 15.4. The van der Waals surface area contributed by atoms with Gasteiger partial charge >= 0.3 is 12.0 Å². The van der Waals surface area contributed by atoms with Gasteiger partial charge in [-0.3, -0.25) is 0 Å². The Morgan fingerprint density at radius 3 is 2.60 bits per heavy atom. The first-order chi connectivity index (χ1) is 9.49. The minimum Gasteiger partial charge on any atom is -0.477 e. The molecular weight excluding hydrogens is 283 g/mol. The monoisotopic (exact) mass is 294 g/mol. The van der Waals surface area contributed by atoms with Gasteiger partial charge in [0.05, 0.1) is 11.4 Å². The largest absolute Gasteiger partial charge is 0.477 e. The molecule has 0 saturated carbocycles. The molecule has 0 aliphatic heterocycles. The molecule has 0 atom stereocenters. The molecule has 20 heavy (non-hydrogen) atoms. The number of halogens is 1. The number of hydrogen-bond donors (Lipinski definition) is 3. The SMILES string of the molecule is Cc1csc(C(=O)O)c1NC(=O)Nc1ccccc1F. The molecule has 2 rings (SSSR count). The number of carboxylic acids is 1. The number of nitrogens with one attached hydrogen (secondary N) is 2. The lowest BCUT2D eigenvalue weighted by Crippen LogP contribution is -2.21. The Morgan fingerprint density at radius 2 is 1.95 bits per heavy atom. The Kier molecular flexibility index (Phi) is 3.99. The van der Waals surface area contributed by atoms with E-state index in [-0.39, 0.29) is 16.3 Å². The lowest BCUT2D eigenvalue weighted by molar-refractivity contribution is 0.0703. The maximum absolute atomic E-state index is 13.4. The van der Waals surface area contributed by atoms with Crippen LogP contribution in [0.2, 0.25) is 0 Å². The quantitative estimate of drug-likeness (QED) is 0.810. The van der Waals surface area contributed by atoms with E-state index in [2.05, 4.69) is 10.6 Å². The van der Waals surface area contributed by atoms with E-state index in [1.807, 2.05) is 0 Å². The van der Waals surface area contributed by atoms with Crippen LogP contribution in [0, 0.1) is 12.7 Å². The summed E-state index contributed by atoms with van der Waals surface area (Å²) in [6, 6.07) is 5.02. The maximum atomic E-state index is 13.4. The number of urea groups is 1. The van der Waals surface area contributed by atoms with Crippen LogP contribution in [-0.2, 0) is 0 Å². The van der Waals surface area contributed by atoms with Crippen LogP contribution in [0.5, 0.6) is 0 Å². The molecule has 1 aromatic heterocycles. The van der Waals surface area contributed by atoms with Gasteiger partial charge in [0.1, 0.15) is 10.7 Å². The number of thiophene rings is 1. The molecule has 0 aliphatic carbocycles. The molecule has 0 aliphatic rings. The van der Waals surface area contributed by atoms with Crippen molar-refractivity contribution >= 4 is 34.7 Å². The summed E-state index contributed by atoms with van der Waals surface area (Å²) >= 11 is 1.02. The summed E-state index contributed by atoms with van der Waals surface area (Å²) in [7, 11) is 0. The van der Waals surface area contributed by atoms with Crippen LogP contribution < -0.4 is 10.6 Å². The molecule has 104 valence electrons. The number of benzene rings is 1. The average Bonchev–Trinajstić information content (AvgIpc) is 2.74. The number of aryl methyl sites for hydroxylation is 1. The molecule has 0 bridgehead atoms. The van der Waals surface area contributed by atoms with Crippen molar-refractivity contribution in [2.75, 3.05) is 10.6 Å². The summed E-state index contributed by atoms with van der Waals surface area (Å²) < 4.78 is 13.4. The van der Waals surface area contributed by atoms with E-state index in [1.165, 1.54) is 18.2 Å². The fourth-order valence-electron chi connectivity index (χ4n) is 1.59. The number of carbonyl (C=O) groups excluding carboxylic acids is 1. The topological polar surface area (TPSA) is 78.4 Å². The van der Waals surface area contributed by atoms with Crippen molar-refractivity contribution in [1.29, 1.82) is 0 Å². The van der Waals surface area contributed by atoms with Crippen molar-refractivity contribution in [3.63, 3.8) is 0 Å². The molecule has 1 heterocycles. The smallest absolute Gasteiger partial charge is 0.348 e. The number of carbonyl (C=O) groups is 2. The minimum atomic E-state index is -1.12. The van der Waals surface area contributed by atoms with E-state index in [0.717, 1.165) is 11.3 Å². The highest BCUT2D eigenvalue weighted by atomic mass is 32.1. The zero-order valence-corrected chi connectivity index (χ0v) is 11.3. The van der Waals surface area contributed by atoms with Gasteiger partial charge in [-0.15, -0.1) is 11.3 Å². The van der Waals surface area contributed by atoms with Crippen molar-refractivity contribution in [2.45, 2.75) is 6.92 Å². The molecule has 0 fully saturated rings. The fourth-order valence-corrected chi connectivity index (χ4v) is 2.43. The third-order valence-electron chi connectivity index (χ3n) is 2.53. The standard InChI is InChI=1S/C13H11FN2O3S/c1-7-6-20-11(12(17)18)10(7)16-13(19)15-9-5-3-2-4-8(9)14/h2-6H,1H3,(H,17,18)(H2,15,16,19). The molecule has 5 nitrogen and oxygen atoms in total. The predicted octanol–water partition coefficient (Wildman–Crippen LogP) is 3.54. The molecule has 0 radical (unpaired) electrons. The van der Waals surface area contributed by atoms with Crippen LogP contribution in [0.15, 0.2) is 29.6 Å².